The predicted molar refractivity (Wildman–Crippen MR) is 120 cm³/mol. The van der Waals surface area contributed by atoms with E-state index in [9.17, 15) is 13.2 Å². The highest BCUT2D eigenvalue weighted by atomic mass is 32.2. The summed E-state index contributed by atoms with van der Waals surface area (Å²) < 4.78 is 32.4. The fourth-order valence-corrected chi connectivity index (χ4v) is 6.60. The van der Waals surface area contributed by atoms with Crippen molar-refractivity contribution in [1.82, 2.24) is 14.9 Å². The summed E-state index contributed by atoms with van der Waals surface area (Å²) in [6.07, 6.45) is 9.45. The molecular formula is C23H33N3O4S. The summed E-state index contributed by atoms with van der Waals surface area (Å²) in [7, 11) is -3.21. The predicted octanol–water partition coefficient (Wildman–Crippen LogP) is 2.79. The van der Waals surface area contributed by atoms with E-state index in [1.54, 1.807) is 4.31 Å². The van der Waals surface area contributed by atoms with E-state index in [1.165, 1.54) is 0 Å². The Morgan fingerprint density at radius 3 is 2.77 bits per heavy atom. The molecule has 8 heteroatoms. The van der Waals surface area contributed by atoms with Gasteiger partial charge in [-0.05, 0) is 37.2 Å². The molecule has 7 nitrogen and oxygen atoms in total. The van der Waals surface area contributed by atoms with Crippen molar-refractivity contribution in [3.63, 3.8) is 0 Å². The summed E-state index contributed by atoms with van der Waals surface area (Å²) in [5, 5.41) is 6.53. The molecule has 31 heavy (non-hydrogen) atoms. The summed E-state index contributed by atoms with van der Waals surface area (Å²) >= 11 is 0. The Morgan fingerprint density at radius 1 is 1.13 bits per heavy atom. The van der Waals surface area contributed by atoms with E-state index < -0.39 is 16.1 Å². The smallest absolute Gasteiger partial charge is 0.407 e. The van der Waals surface area contributed by atoms with Crippen molar-refractivity contribution in [2.75, 3.05) is 18.8 Å². The van der Waals surface area contributed by atoms with Crippen molar-refractivity contribution in [3.8, 4) is 0 Å². The number of nitrogens with one attached hydrogen (secondary N) is 2. The van der Waals surface area contributed by atoms with Gasteiger partial charge in [0.25, 0.3) is 0 Å². The second-order valence-electron chi connectivity index (χ2n) is 8.85. The van der Waals surface area contributed by atoms with Crippen LogP contribution in [0.3, 0.4) is 0 Å². The van der Waals surface area contributed by atoms with Crippen molar-refractivity contribution in [1.29, 1.82) is 0 Å². The van der Waals surface area contributed by atoms with Crippen LogP contribution in [-0.2, 0) is 21.4 Å². The minimum absolute atomic E-state index is 0.0123. The number of ether oxygens (including phenoxy) is 1. The van der Waals surface area contributed by atoms with E-state index >= 15 is 0 Å². The van der Waals surface area contributed by atoms with Crippen LogP contribution in [0.15, 0.2) is 42.5 Å². The van der Waals surface area contributed by atoms with Crippen LogP contribution in [0.5, 0.6) is 0 Å². The van der Waals surface area contributed by atoms with Crippen LogP contribution < -0.4 is 10.6 Å². The standard InChI is InChI=1S/C23H33N3O4S/c27-23(30-17-18-7-2-1-3-8-18)25-22-11-5-4-9-19(22)12-13-21-15-24-20-10-6-14-31(28,29)26(21)16-20/h1-3,7-8,12-13,19-22,24H,4-6,9-11,14-17H2,(H,25,27)/b13-12+/t19-,20-,21+,22+/m1/s1. The maximum Gasteiger partial charge on any atom is 0.407 e. The molecular weight excluding hydrogens is 414 g/mol. The van der Waals surface area contributed by atoms with E-state index in [0.717, 1.165) is 37.7 Å². The molecule has 1 unspecified atom stereocenters. The molecule has 0 radical (unpaired) electrons. The average Bonchev–Trinajstić information content (AvgIpc) is 2.89. The fourth-order valence-electron chi connectivity index (χ4n) is 4.87. The first kappa shape index (κ1) is 22.3. The van der Waals surface area contributed by atoms with Crippen LogP contribution >= 0.6 is 0 Å². The Morgan fingerprint density at radius 2 is 1.94 bits per heavy atom. The molecule has 2 heterocycles. The number of alkyl carbamates (subject to hydrolysis) is 1. The number of amides is 1. The van der Waals surface area contributed by atoms with Gasteiger partial charge in [0.15, 0.2) is 0 Å². The zero-order valence-corrected chi connectivity index (χ0v) is 18.7. The first-order chi connectivity index (χ1) is 15.0. The molecule has 2 bridgehead atoms. The van der Waals surface area contributed by atoms with Gasteiger partial charge in [0.05, 0.1) is 11.8 Å². The van der Waals surface area contributed by atoms with E-state index in [2.05, 4.69) is 16.7 Å². The molecule has 0 aromatic heterocycles. The van der Waals surface area contributed by atoms with E-state index in [4.69, 9.17) is 4.74 Å². The van der Waals surface area contributed by atoms with Gasteiger partial charge in [-0.3, -0.25) is 0 Å². The molecule has 170 valence electrons. The van der Waals surface area contributed by atoms with Crippen molar-refractivity contribution in [2.24, 2.45) is 5.92 Å². The Hall–Kier alpha value is -1.90. The second-order valence-corrected chi connectivity index (χ2v) is 10.9. The third kappa shape index (κ3) is 5.87. The molecule has 2 N–H and O–H groups in total. The number of rotatable bonds is 5. The van der Waals surface area contributed by atoms with Gasteiger partial charge >= 0.3 is 6.09 Å². The van der Waals surface area contributed by atoms with Crippen LogP contribution in [0.2, 0.25) is 0 Å². The minimum Gasteiger partial charge on any atom is -0.445 e. The summed E-state index contributed by atoms with van der Waals surface area (Å²) in [6.45, 7) is 1.45. The molecule has 4 rings (SSSR count). The van der Waals surface area contributed by atoms with Gasteiger partial charge in [-0.2, -0.15) is 4.31 Å². The molecule has 1 aliphatic carbocycles. The van der Waals surface area contributed by atoms with Gasteiger partial charge in [-0.1, -0.05) is 55.3 Å². The average molecular weight is 448 g/mol. The normalized spacial score (nSPS) is 32.8. The summed E-state index contributed by atoms with van der Waals surface area (Å²) in [5.74, 6) is 0.418. The number of benzene rings is 1. The van der Waals surface area contributed by atoms with Gasteiger partial charge in [-0.15, -0.1) is 0 Å². The number of sulfonamides is 1. The molecule has 3 aliphatic rings. The molecule has 1 amide bonds. The first-order valence-corrected chi connectivity index (χ1v) is 13.0. The molecule has 1 aromatic rings. The number of piperazine rings is 1. The quantitative estimate of drug-likeness (QED) is 0.678. The monoisotopic (exact) mass is 447 g/mol. The van der Waals surface area contributed by atoms with Crippen LogP contribution in [0, 0.1) is 5.92 Å². The molecule has 2 saturated heterocycles. The second kappa shape index (κ2) is 10.1. The van der Waals surface area contributed by atoms with Gasteiger partial charge < -0.3 is 15.4 Å². The minimum atomic E-state index is -3.21. The summed E-state index contributed by atoms with van der Waals surface area (Å²) in [5.41, 5.74) is 0.958. The molecule has 0 spiro atoms. The highest BCUT2D eigenvalue weighted by molar-refractivity contribution is 7.89. The lowest BCUT2D eigenvalue weighted by Gasteiger charge is -2.36. The van der Waals surface area contributed by atoms with E-state index in [0.29, 0.717) is 19.5 Å². The Balaban J connectivity index is 1.36. The summed E-state index contributed by atoms with van der Waals surface area (Å²) in [6, 6.07) is 9.74. The largest absolute Gasteiger partial charge is 0.445 e. The third-order valence-corrected chi connectivity index (χ3v) is 8.55. The number of nitrogens with zero attached hydrogens (tertiary/aromatic N) is 1. The molecule has 1 aromatic carbocycles. The van der Waals surface area contributed by atoms with Crippen LogP contribution in [0.1, 0.15) is 44.1 Å². The lowest BCUT2D eigenvalue weighted by atomic mass is 9.84. The topological polar surface area (TPSA) is 87.7 Å². The van der Waals surface area contributed by atoms with Gasteiger partial charge in [0.1, 0.15) is 6.61 Å². The molecule has 5 atom stereocenters. The Labute approximate surface area is 185 Å². The zero-order chi connectivity index (χ0) is 21.7. The van der Waals surface area contributed by atoms with Crippen molar-refractivity contribution < 1.29 is 17.9 Å². The van der Waals surface area contributed by atoms with Gasteiger partial charge in [-0.25, -0.2) is 13.2 Å². The molecule has 3 fully saturated rings. The third-order valence-electron chi connectivity index (χ3n) is 6.61. The van der Waals surface area contributed by atoms with Crippen molar-refractivity contribution >= 4 is 16.1 Å². The highest BCUT2D eigenvalue weighted by Crippen LogP contribution is 2.27. The molecule has 2 aliphatic heterocycles. The lowest BCUT2D eigenvalue weighted by Crippen LogP contribution is -2.56. The maximum atomic E-state index is 12.7. The Bertz CT molecular complexity index is 874. The first-order valence-electron chi connectivity index (χ1n) is 11.4. The van der Waals surface area contributed by atoms with Crippen molar-refractivity contribution in [2.45, 2.75) is 63.3 Å². The number of hydrogen-bond donors (Lipinski definition) is 2. The van der Waals surface area contributed by atoms with Crippen molar-refractivity contribution in [3.05, 3.63) is 48.0 Å². The zero-order valence-electron chi connectivity index (χ0n) is 17.9. The highest BCUT2D eigenvalue weighted by Gasteiger charge is 2.37. The van der Waals surface area contributed by atoms with Crippen LogP contribution in [0.4, 0.5) is 4.79 Å². The van der Waals surface area contributed by atoms with E-state index in [-0.39, 0.29) is 36.4 Å². The number of fused-ring (bicyclic) bond motifs is 2. The number of carbonyl (C=O) groups is 1. The van der Waals surface area contributed by atoms with Crippen LogP contribution in [0.25, 0.3) is 0 Å². The maximum absolute atomic E-state index is 12.7. The lowest BCUT2D eigenvalue weighted by molar-refractivity contribution is 0.129. The van der Waals surface area contributed by atoms with E-state index in [1.807, 2.05) is 36.4 Å². The number of hydrogen-bond acceptors (Lipinski definition) is 5. The van der Waals surface area contributed by atoms with Crippen LogP contribution in [-0.4, -0.2) is 55.8 Å². The number of carbonyl (C=O) groups excluding carboxylic acids is 1. The Kier molecular flexibility index (Phi) is 7.30. The molecule has 1 saturated carbocycles. The SMILES string of the molecule is O=C(N[C@H]1CCCC[C@@H]1/C=C/[C@H]1CN[C@@H]2CCCS(=O)(=O)N1C2)OCc1ccccc1. The summed E-state index contributed by atoms with van der Waals surface area (Å²) in [4.78, 5) is 12.3. The van der Waals surface area contributed by atoms with Gasteiger partial charge in [0.2, 0.25) is 10.0 Å². The van der Waals surface area contributed by atoms with Gasteiger partial charge in [0, 0.05) is 25.2 Å². The fraction of sp³-hybridized carbons (Fsp3) is 0.609.